The molecule has 1 saturated heterocycles. The number of aliphatic hydroxyl groups excluding tert-OH is 1. The smallest absolute Gasteiger partial charge is 0.394 e. The van der Waals surface area contributed by atoms with Gasteiger partial charge in [-0.05, 0) is 43.5 Å². The molecule has 0 aromatic heterocycles. The third-order valence-corrected chi connectivity index (χ3v) is 4.69. The number of benzene rings is 1. The fraction of sp³-hybridized carbons (Fsp3) is 0.579. The molecule has 0 aliphatic carbocycles. The molecule has 1 fully saturated rings. The van der Waals surface area contributed by atoms with Gasteiger partial charge in [-0.3, -0.25) is 4.79 Å². The number of aliphatic hydroxyl groups is 1. The fourth-order valence-electron chi connectivity index (χ4n) is 3.08. The van der Waals surface area contributed by atoms with Gasteiger partial charge in [0.25, 0.3) is 0 Å². The van der Waals surface area contributed by atoms with E-state index in [0.717, 1.165) is 12.1 Å². The molecule has 10 heteroatoms. The summed E-state index contributed by atoms with van der Waals surface area (Å²) in [5.41, 5.74) is -0.538. The summed E-state index contributed by atoms with van der Waals surface area (Å²) in [6.45, 7) is 1.82. The van der Waals surface area contributed by atoms with E-state index >= 15 is 0 Å². The van der Waals surface area contributed by atoms with Gasteiger partial charge in [-0.1, -0.05) is 6.92 Å². The summed E-state index contributed by atoms with van der Waals surface area (Å²) >= 11 is 0. The molecule has 0 bridgehead atoms. The van der Waals surface area contributed by atoms with E-state index in [1.165, 1.54) is 12.1 Å². The van der Waals surface area contributed by atoms with Gasteiger partial charge < -0.3 is 25.8 Å². The molecule has 162 valence electrons. The topological polar surface area (TPSA) is 99.7 Å². The van der Waals surface area contributed by atoms with Gasteiger partial charge in [-0.15, -0.1) is 0 Å². The summed E-state index contributed by atoms with van der Waals surface area (Å²) < 4.78 is 43.4. The van der Waals surface area contributed by atoms with E-state index in [9.17, 15) is 27.9 Å². The molecule has 3 amide bonds. The van der Waals surface area contributed by atoms with E-state index in [4.69, 9.17) is 4.74 Å². The summed E-state index contributed by atoms with van der Waals surface area (Å²) in [5, 5.41) is 17.4. The molecule has 7 nitrogen and oxygen atoms in total. The monoisotopic (exact) mass is 417 g/mol. The van der Waals surface area contributed by atoms with Crippen molar-refractivity contribution < 1.29 is 32.6 Å². The van der Waals surface area contributed by atoms with Crippen molar-refractivity contribution in [1.29, 1.82) is 0 Å². The minimum atomic E-state index is -4.43. The molecule has 1 aliphatic heterocycles. The molecule has 0 saturated carbocycles. The van der Waals surface area contributed by atoms with E-state index in [1.54, 1.807) is 6.92 Å². The second-order valence-electron chi connectivity index (χ2n) is 6.83. The second kappa shape index (κ2) is 10.4. The largest absolute Gasteiger partial charge is 0.416 e. The molecule has 1 aromatic carbocycles. The average Bonchev–Trinajstić information content (AvgIpc) is 2.68. The van der Waals surface area contributed by atoms with Crippen LogP contribution in [0, 0.1) is 0 Å². The summed E-state index contributed by atoms with van der Waals surface area (Å²) in [7, 11) is 0. The van der Waals surface area contributed by atoms with Crippen molar-refractivity contribution in [3.63, 3.8) is 0 Å². The first-order valence-corrected chi connectivity index (χ1v) is 9.50. The normalized spacial score (nSPS) is 22.0. The highest BCUT2D eigenvalue weighted by Crippen LogP contribution is 2.29. The van der Waals surface area contributed by atoms with Gasteiger partial charge in [0.15, 0.2) is 0 Å². The number of ether oxygens (including phenoxy) is 1. The number of urea groups is 1. The van der Waals surface area contributed by atoms with E-state index < -0.39 is 23.9 Å². The zero-order valence-corrected chi connectivity index (χ0v) is 16.1. The van der Waals surface area contributed by atoms with Crippen molar-refractivity contribution in [3.8, 4) is 0 Å². The molecule has 1 heterocycles. The average molecular weight is 417 g/mol. The summed E-state index contributed by atoms with van der Waals surface area (Å²) in [5.74, 6) is -0.0999. The van der Waals surface area contributed by atoms with Crippen molar-refractivity contribution in [3.05, 3.63) is 29.8 Å². The van der Waals surface area contributed by atoms with E-state index in [1.807, 2.05) is 0 Å². The molecule has 0 unspecified atom stereocenters. The molecular formula is C19H26F3N3O4. The van der Waals surface area contributed by atoms with E-state index in [-0.39, 0.29) is 30.3 Å². The Kier molecular flexibility index (Phi) is 8.27. The van der Waals surface area contributed by atoms with Gasteiger partial charge in [0.2, 0.25) is 5.91 Å². The van der Waals surface area contributed by atoms with Gasteiger partial charge in [0.1, 0.15) is 6.10 Å². The highest BCUT2D eigenvalue weighted by molar-refractivity contribution is 5.89. The number of alkyl halides is 3. The first-order valence-electron chi connectivity index (χ1n) is 9.50. The predicted octanol–water partition coefficient (Wildman–Crippen LogP) is 2.65. The molecule has 4 N–H and O–H groups in total. The van der Waals surface area contributed by atoms with Crippen LogP contribution in [0.25, 0.3) is 0 Å². The van der Waals surface area contributed by atoms with Crippen molar-refractivity contribution >= 4 is 17.6 Å². The zero-order valence-electron chi connectivity index (χ0n) is 16.1. The number of nitrogens with one attached hydrogen (secondary N) is 3. The highest BCUT2D eigenvalue weighted by atomic mass is 19.4. The predicted molar refractivity (Wildman–Crippen MR) is 100 cm³/mol. The Labute approximate surface area is 167 Å². The van der Waals surface area contributed by atoms with E-state index in [2.05, 4.69) is 16.0 Å². The zero-order chi connectivity index (χ0) is 21.4. The van der Waals surface area contributed by atoms with Crippen molar-refractivity contribution in [2.75, 3.05) is 18.5 Å². The fourth-order valence-corrected chi connectivity index (χ4v) is 3.08. The Balaban J connectivity index is 1.73. The summed E-state index contributed by atoms with van der Waals surface area (Å²) in [6.07, 6.45) is -2.89. The Morgan fingerprint density at radius 2 is 1.90 bits per heavy atom. The van der Waals surface area contributed by atoms with Crippen LogP contribution in [-0.2, 0) is 15.7 Å². The third-order valence-electron chi connectivity index (χ3n) is 4.69. The van der Waals surface area contributed by atoms with Crippen LogP contribution in [0.1, 0.15) is 38.2 Å². The minimum Gasteiger partial charge on any atom is -0.394 e. The summed E-state index contributed by atoms with van der Waals surface area (Å²) in [6, 6.07) is 3.39. The SMILES string of the molecule is CCC(=O)N[C@@H]1CC[C@@H](CCNC(=O)Nc2ccc(C(F)(F)F)cc2)O[C@@H]1CO. The number of hydrogen-bond acceptors (Lipinski definition) is 4. The second-order valence-corrected chi connectivity index (χ2v) is 6.83. The lowest BCUT2D eigenvalue weighted by Crippen LogP contribution is -2.51. The Morgan fingerprint density at radius 3 is 2.48 bits per heavy atom. The van der Waals surface area contributed by atoms with Gasteiger partial charge >= 0.3 is 12.2 Å². The lowest BCUT2D eigenvalue weighted by molar-refractivity contribution is -0.137. The highest BCUT2D eigenvalue weighted by Gasteiger charge is 2.31. The Hall–Kier alpha value is -2.33. The molecule has 0 spiro atoms. The van der Waals surface area contributed by atoms with Crippen molar-refractivity contribution in [2.24, 2.45) is 0 Å². The van der Waals surface area contributed by atoms with Crippen LogP contribution in [0.15, 0.2) is 24.3 Å². The Morgan fingerprint density at radius 1 is 1.21 bits per heavy atom. The van der Waals surface area contributed by atoms with Crippen LogP contribution in [0.3, 0.4) is 0 Å². The lowest BCUT2D eigenvalue weighted by atomic mass is 9.97. The van der Waals surface area contributed by atoms with Gasteiger partial charge in [-0.25, -0.2) is 4.79 Å². The van der Waals surface area contributed by atoms with Crippen LogP contribution < -0.4 is 16.0 Å². The number of amides is 3. The maximum atomic E-state index is 12.5. The van der Waals surface area contributed by atoms with Crippen LogP contribution >= 0.6 is 0 Å². The number of halogens is 3. The molecule has 1 aliphatic rings. The molecule has 1 aromatic rings. The third kappa shape index (κ3) is 7.21. The number of hydrogen-bond donors (Lipinski definition) is 4. The molecular weight excluding hydrogens is 391 g/mol. The number of carbonyl (C=O) groups is 2. The van der Waals surface area contributed by atoms with Gasteiger partial charge in [0, 0.05) is 18.7 Å². The van der Waals surface area contributed by atoms with Crippen LogP contribution in [0.2, 0.25) is 0 Å². The van der Waals surface area contributed by atoms with Crippen LogP contribution in [-0.4, -0.2) is 48.4 Å². The van der Waals surface area contributed by atoms with Crippen LogP contribution in [0.5, 0.6) is 0 Å². The molecule has 29 heavy (non-hydrogen) atoms. The Bertz CT molecular complexity index is 682. The standard InChI is InChI=1S/C19H26F3N3O4/c1-2-17(27)25-15-8-7-14(29-16(15)11-26)9-10-23-18(28)24-13-5-3-12(4-6-13)19(20,21)22/h3-6,14-16,26H,2,7-11H2,1H3,(H,25,27)(H2,23,24,28)/t14-,15+,16+/m0/s1. The van der Waals surface area contributed by atoms with Crippen molar-refractivity contribution in [1.82, 2.24) is 10.6 Å². The summed E-state index contributed by atoms with van der Waals surface area (Å²) in [4.78, 5) is 23.4. The first-order chi connectivity index (χ1) is 13.7. The molecule has 3 atom stereocenters. The van der Waals surface area contributed by atoms with Crippen LogP contribution in [0.4, 0.5) is 23.7 Å². The number of rotatable bonds is 7. The van der Waals surface area contributed by atoms with E-state index in [0.29, 0.717) is 32.2 Å². The molecule has 2 rings (SSSR count). The van der Waals surface area contributed by atoms with Crippen molar-refractivity contribution in [2.45, 2.75) is 57.0 Å². The maximum absolute atomic E-state index is 12.5. The first kappa shape index (κ1) is 23.0. The van der Waals surface area contributed by atoms with Gasteiger partial charge in [0.05, 0.1) is 24.3 Å². The minimum absolute atomic E-state index is 0.0999. The number of anilines is 1. The molecule has 0 radical (unpaired) electrons. The lowest BCUT2D eigenvalue weighted by Gasteiger charge is -2.36. The number of carbonyl (C=O) groups excluding carboxylic acids is 2. The quantitative estimate of drug-likeness (QED) is 0.548. The maximum Gasteiger partial charge on any atom is 0.416 e. The van der Waals surface area contributed by atoms with Gasteiger partial charge in [-0.2, -0.15) is 13.2 Å².